The number of hydrogen-bond acceptors (Lipinski definition) is 7. The molecule has 2 aromatic rings. The molecule has 1 unspecified atom stereocenters. The molecule has 0 radical (unpaired) electrons. The van der Waals surface area contributed by atoms with Gasteiger partial charge in [-0.2, -0.15) is 5.26 Å². The highest BCUT2D eigenvalue weighted by Gasteiger charge is 2.44. The van der Waals surface area contributed by atoms with Crippen LogP contribution in [-0.2, 0) is 14.3 Å². The second-order valence-corrected chi connectivity index (χ2v) is 8.70. The molecule has 1 aromatic carbocycles. The number of rotatable bonds is 4. The number of carbonyl (C=O) groups excluding carboxylic acids is 2. The van der Waals surface area contributed by atoms with E-state index in [9.17, 15) is 14.9 Å². The Morgan fingerprint density at radius 1 is 1.22 bits per heavy atom. The van der Waals surface area contributed by atoms with E-state index in [1.165, 1.54) is 0 Å². The van der Waals surface area contributed by atoms with Crippen LogP contribution in [0.4, 0.5) is 0 Å². The van der Waals surface area contributed by atoms with Crippen molar-refractivity contribution in [3.05, 3.63) is 70.5 Å². The predicted octanol–water partition coefficient (Wildman–Crippen LogP) is 4.57. The molecule has 1 aromatic heterocycles. The molecular weight excluding hydrogens is 408 g/mol. The van der Waals surface area contributed by atoms with E-state index < -0.39 is 5.92 Å². The summed E-state index contributed by atoms with van der Waals surface area (Å²) in [6.45, 7) is 6.05. The van der Waals surface area contributed by atoms with Gasteiger partial charge in [0.15, 0.2) is 5.78 Å². The number of benzene rings is 1. The minimum atomic E-state index is -0.708. The topological polar surface area (TPSA) is 116 Å². The molecule has 7 heteroatoms. The first-order chi connectivity index (χ1) is 15.2. The zero-order valence-electron chi connectivity index (χ0n) is 18.2. The quantitative estimate of drug-likeness (QED) is 0.703. The van der Waals surface area contributed by atoms with Gasteiger partial charge in [-0.1, -0.05) is 26.0 Å². The van der Waals surface area contributed by atoms with E-state index in [0.29, 0.717) is 47.9 Å². The van der Waals surface area contributed by atoms with Gasteiger partial charge >= 0.3 is 5.97 Å². The lowest BCUT2D eigenvalue weighted by Crippen LogP contribution is -2.33. The van der Waals surface area contributed by atoms with E-state index in [1.807, 2.05) is 13.8 Å². The molecule has 2 N–H and O–H groups in total. The van der Waals surface area contributed by atoms with Crippen molar-refractivity contribution in [1.82, 2.24) is 0 Å². The van der Waals surface area contributed by atoms with Crippen LogP contribution in [0.2, 0.25) is 0 Å². The Labute approximate surface area is 186 Å². The van der Waals surface area contributed by atoms with E-state index in [1.54, 1.807) is 43.3 Å². The molecule has 32 heavy (non-hydrogen) atoms. The highest BCUT2D eigenvalue weighted by molar-refractivity contribution is 6.00. The summed E-state index contributed by atoms with van der Waals surface area (Å²) in [7, 11) is 0. The van der Waals surface area contributed by atoms with Crippen LogP contribution in [0, 0.1) is 16.7 Å². The highest BCUT2D eigenvalue weighted by atomic mass is 16.5. The normalized spacial score (nSPS) is 19.8. The summed E-state index contributed by atoms with van der Waals surface area (Å²) in [5, 5.41) is 9.74. The fraction of sp³-hybridized carbons (Fsp3) is 0.320. The van der Waals surface area contributed by atoms with E-state index in [2.05, 4.69) is 6.07 Å². The number of esters is 1. The number of nitrogens with two attached hydrogens (primary N) is 1. The first kappa shape index (κ1) is 21.4. The number of ketones is 1. The van der Waals surface area contributed by atoms with Gasteiger partial charge in [-0.3, -0.25) is 4.79 Å². The summed E-state index contributed by atoms with van der Waals surface area (Å²) in [5.74, 6) is 0.321. The van der Waals surface area contributed by atoms with Crippen LogP contribution in [0.5, 0.6) is 0 Å². The molecule has 0 bridgehead atoms. The summed E-state index contributed by atoms with van der Waals surface area (Å²) >= 11 is 0. The van der Waals surface area contributed by atoms with Crippen molar-refractivity contribution in [2.45, 2.75) is 39.5 Å². The third-order valence-corrected chi connectivity index (χ3v) is 5.67. The average Bonchev–Trinajstić information content (AvgIpc) is 3.22. The van der Waals surface area contributed by atoms with Gasteiger partial charge in [-0.15, -0.1) is 0 Å². The molecule has 0 saturated carbocycles. The van der Waals surface area contributed by atoms with Crippen LogP contribution < -0.4 is 5.73 Å². The second-order valence-electron chi connectivity index (χ2n) is 8.70. The maximum absolute atomic E-state index is 13.0. The number of nitrogens with zero attached hydrogens (tertiary/aromatic N) is 1. The number of allylic oxidation sites excluding steroid dienone is 3. The number of furan rings is 1. The maximum Gasteiger partial charge on any atom is 0.338 e. The van der Waals surface area contributed by atoms with Gasteiger partial charge in [0.25, 0.3) is 0 Å². The number of Topliss-reactive ketones (excluding diaryl/α,β-unsaturated/α-hetero) is 1. The summed E-state index contributed by atoms with van der Waals surface area (Å²) in [6.07, 6.45) is 0.903. The summed E-state index contributed by atoms with van der Waals surface area (Å²) in [6, 6.07) is 12.4. The number of carbonyl (C=O) groups is 2. The van der Waals surface area contributed by atoms with Gasteiger partial charge in [0, 0.05) is 24.0 Å². The molecule has 1 aliphatic heterocycles. The van der Waals surface area contributed by atoms with Gasteiger partial charge in [0.05, 0.1) is 18.1 Å². The zero-order chi connectivity index (χ0) is 23.0. The largest absolute Gasteiger partial charge is 0.462 e. The smallest absolute Gasteiger partial charge is 0.338 e. The Bertz CT molecular complexity index is 1190. The number of hydrogen-bond donors (Lipinski definition) is 1. The van der Waals surface area contributed by atoms with E-state index >= 15 is 0 Å². The van der Waals surface area contributed by atoms with E-state index in [0.717, 1.165) is 5.56 Å². The lowest BCUT2D eigenvalue weighted by molar-refractivity contribution is -0.119. The van der Waals surface area contributed by atoms with Crippen LogP contribution in [0.1, 0.15) is 55.6 Å². The standard InChI is InChI=1S/C25H24N2O5/c1-4-30-24(29)15-7-5-14(6-8-15)18-9-10-19(31-18)21-16(13-26)23(27)32-20-12-25(2,3)11-17(28)22(20)21/h5-10,21H,4,11-12,27H2,1-3H3. The van der Waals surface area contributed by atoms with Crippen molar-refractivity contribution in [3.8, 4) is 17.4 Å². The van der Waals surface area contributed by atoms with Crippen molar-refractivity contribution in [2.24, 2.45) is 11.1 Å². The van der Waals surface area contributed by atoms with Gasteiger partial charge in [-0.05, 0) is 36.6 Å². The second kappa shape index (κ2) is 8.04. The summed E-state index contributed by atoms with van der Waals surface area (Å²) < 4.78 is 16.8. The summed E-state index contributed by atoms with van der Waals surface area (Å²) in [4.78, 5) is 24.9. The fourth-order valence-electron chi connectivity index (χ4n) is 4.22. The monoisotopic (exact) mass is 432 g/mol. The van der Waals surface area contributed by atoms with Gasteiger partial charge in [0.1, 0.15) is 28.9 Å². The van der Waals surface area contributed by atoms with Crippen LogP contribution in [0.25, 0.3) is 11.3 Å². The minimum Gasteiger partial charge on any atom is -0.462 e. The van der Waals surface area contributed by atoms with Crippen LogP contribution in [0.3, 0.4) is 0 Å². The molecule has 0 spiro atoms. The lowest BCUT2D eigenvalue weighted by atomic mass is 9.71. The van der Waals surface area contributed by atoms with Crippen molar-refractivity contribution >= 4 is 11.8 Å². The fourth-order valence-corrected chi connectivity index (χ4v) is 4.22. The first-order valence-electron chi connectivity index (χ1n) is 10.4. The third kappa shape index (κ3) is 3.80. The van der Waals surface area contributed by atoms with Crippen LogP contribution >= 0.6 is 0 Å². The average molecular weight is 432 g/mol. The van der Waals surface area contributed by atoms with Crippen LogP contribution in [0.15, 0.2) is 63.6 Å². The molecule has 1 atom stereocenters. The van der Waals surface area contributed by atoms with Crippen LogP contribution in [-0.4, -0.2) is 18.4 Å². The molecule has 164 valence electrons. The Hall–Kier alpha value is -3.79. The molecule has 2 aliphatic rings. The first-order valence-corrected chi connectivity index (χ1v) is 10.4. The Balaban J connectivity index is 1.71. The van der Waals surface area contributed by atoms with Crippen molar-refractivity contribution in [3.63, 3.8) is 0 Å². The minimum absolute atomic E-state index is 0.00140. The lowest BCUT2D eigenvalue weighted by Gasteiger charge is -2.36. The zero-order valence-corrected chi connectivity index (χ0v) is 18.2. The summed E-state index contributed by atoms with van der Waals surface area (Å²) in [5.41, 5.74) is 7.59. The van der Waals surface area contributed by atoms with E-state index in [4.69, 9.17) is 19.6 Å². The Kier molecular flexibility index (Phi) is 5.39. The molecule has 4 rings (SSSR count). The SMILES string of the molecule is CCOC(=O)c1ccc(-c2ccc(C3C(C#N)=C(N)OC4=C3C(=O)CC(C)(C)C4)o2)cc1. The van der Waals surface area contributed by atoms with Gasteiger partial charge in [-0.25, -0.2) is 4.79 Å². The molecular formula is C25H24N2O5. The number of nitriles is 1. The predicted molar refractivity (Wildman–Crippen MR) is 116 cm³/mol. The van der Waals surface area contributed by atoms with Gasteiger partial charge in [0.2, 0.25) is 5.88 Å². The van der Waals surface area contributed by atoms with Crippen molar-refractivity contribution < 1.29 is 23.5 Å². The highest BCUT2D eigenvalue weighted by Crippen LogP contribution is 2.48. The number of ether oxygens (including phenoxy) is 2. The molecule has 0 fully saturated rings. The van der Waals surface area contributed by atoms with Crippen molar-refractivity contribution in [2.75, 3.05) is 6.61 Å². The van der Waals surface area contributed by atoms with E-state index in [-0.39, 0.29) is 28.6 Å². The molecule has 0 amide bonds. The molecule has 1 aliphatic carbocycles. The third-order valence-electron chi connectivity index (χ3n) is 5.67. The van der Waals surface area contributed by atoms with Gasteiger partial charge < -0.3 is 19.6 Å². The Morgan fingerprint density at radius 2 is 1.94 bits per heavy atom. The molecule has 0 saturated heterocycles. The molecule has 7 nitrogen and oxygen atoms in total. The maximum atomic E-state index is 13.0. The van der Waals surface area contributed by atoms with Crippen molar-refractivity contribution in [1.29, 1.82) is 5.26 Å². The Morgan fingerprint density at radius 3 is 2.59 bits per heavy atom. The molecule has 2 heterocycles.